The van der Waals surface area contributed by atoms with E-state index in [1.807, 2.05) is 30.3 Å². The number of unbranched alkanes of at least 4 members (excludes halogenated alkanes) is 2. The quantitative estimate of drug-likeness (QED) is 0.344. The number of aliphatic carboxylic acids is 1. The number of carboxylic acid groups (broad SMARTS) is 1. The van der Waals surface area contributed by atoms with Gasteiger partial charge < -0.3 is 24.6 Å². The predicted molar refractivity (Wildman–Crippen MR) is 130 cm³/mol. The Bertz CT molecular complexity index is 1140. The van der Waals surface area contributed by atoms with Crippen molar-refractivity contribution >= 4 is 23.7 Å². The number of benzene rings is 2. The highest BCUT2D eigenvalue weighted by atomic mass is 16.5. The summed E-state index contributed by atoms with van der Waals surface area (Å²) in [7, 11) is 3.00. The summed E-state index contributed by atoms with van der Waals surface area (Å²) in [5.74, 6) is -1.66. The molecule has 1 aliphatic heterocycles. The molecule has 1 atom stereocenters. The number of carboxylic acids is 1. The van der Waals surface area contributed by atoms with Gasteiger partial charge in [0.25, 0.3) is 5.91 Å². The van der Waals surface area contributed by atoms with Crippen LogP contribution in [0.3, 0.4) is 0 Å². The Morgan fingerprint density at radius 3 is 2.37 bits per heavy atom. The Morgan fingerprint density at radius 1 is 1.00 bits per heavy atom. The van der Waals surface area contributed by atoms with Crippen LogP contribution >= 0.6 is 0 Å². The van der Waals surface area contributed by atoms with Crippen LogP contribution in [0.5, 0.6) is 11.5 Å². The molecule has 0 radical (unpaired) electrons. The van der Waals surface area contributed by atoms with E-state index < -0.39 is 29.5 Å². The minimum atomic E-state index is -0.872. The van der Waals surface area contributed by atoms with Crippen LogP contribution in [0.2, 0.25) is 0 Å². The van der Waals surface area contributed by atoms with Crippen molar-refractivity contribution in [1.29, 1.82) is 0 Å². The molecule has 8 heteroatoms. The van der Waals surface area contributed by atoms with Gasteiger partial charge in [0.2, 0.25) is 0 Å². The van der Waals surface area contributed by atoms with Crippen molar-refractivity contribution in [2.45, 2.75) is 31.7 Å². The molecule has 0 aromatic heterocycles. The van der Waals surface area contributed by atoms with E-state index in [2.05, 4.69) is 0 Å². The molecule has 0 spiro atoms. The average Bonchev–Trinajstić information content (AvgIpc) is 3.12. The van der Waals surface area contributed by atoms with Gasteiger partial charge in [0.1, 0.15) is 0 Å². The molecule has 1 amide bonds. The average molecular weight is 480 g/mol. The summed E-state index contributed by atoms with van der Waals surface area (Å²) in [6.45, 7) is 0.251. The third kappa shape index (κ3) is 6.09. The van der Waals surface area contributed by atoms with E-state index in [-0.39, 0.29) is 18.5 Å². The Hall–Kier alpha value is -4.07. The van der Waals surface area contributed by atoms with Crippen LogP contribution in [0, 0.1) is 0 Å². The molecule has 1 aliphatic rings. The molecule has 2 aromatic rings. The number of rotatable bonds is 12. The zero-order valence-electron chi connectivity index (χ0n) is 19.8. The van der Waals surface area contributed by atoms with Crippen molar-refractivity contribution in [3.63, 3.8) is 0 Å². The first-order valence-electron chi connectivity index (χ1n) is 11.3. The van der Waals surface area contributed by atoms with E-state index >= 15 is 0 Å². The van der Waals surface area contributed by atoms with Gasteiger partial charge in [-0.3, -0.25) is 14.4 Å². The molecule has 0 saturated heterocycles. The zero-order valence-corrected chi connectivity index (χ0v) is 19.8. The number of carbonyl (C=O) groups is 3. The number of ether oxygens (including phenoxy) is 2. The molecule has 35 heavy (non-hydrogen) atoms. The normalized spacial score (nSPS) is 15.7. The minimum Gasteiger partial charge on any atom is -0.503 e. The first kappa shape index (κ1) is 25.6. The van der Waals surface area contributed by atoms with Crippen molar-refractivity contribution in [1.82, 2.24) is 4.90 Å². The maximum Gasteiger partial charge on any atom is 0.303 e. The Morgan fingerprint density at radius 2 is 1.71 bits per heavy atom. The summed E-state index contributed by atoms with van der Waals surface area (Å²) in [6.07, 6.45) is 4.61. The second kappa shape index (κ2) is 11.9. The number of aliphatic hydroxyl groups is 1. The standard InChI is InChI=1S/C27H29NO7/c1-34-21-15-13-19(17-22(21)35-2)25-24(20(29)14-12-18-9-5-3-6-10-18)26(32)27(33)28(25)16-8-4-7-11-23(30)31/h3,5-6,9-10,12-15,17,25,32H,4,7-8,11,16H2,1-2H3,(H,30,31)/b14-12+/t25-/m1/s1. The van der Waals surface area contributed by atoms with Gasteiger partial charge in [-0.15, -0.1) is 0 Å². The molecule has 1 heterocycles. The van der Waals surface area contributed by atoms with Crippen LogP contribution in [0.1, 0.15) is 42.9 Å². The molecule has 0 unspecified atom stereocenters. The molecule has 3 rings (SSSR count). The fourth-order valence-corrected chi connectivity index (χ4v) is 4.07. The predicted octanol–water partition coefficient (Wildman–Crippen LogP) is 4.33. The minimum absolute atomic E-state index is 0.0139. The number of aliphatic hydroxyl groups excluding tert-OH is 1. The summed E-state index contributed by atoms with van der Waals surface area (Å²) < 4.78 is 10.7. The summed E-state index contributed by atoms with van der Waals surface area (Å²) in [5, 5.41) is 19.6. The Balaban J connectivity index is 1.93. The van der Waals surface area contributed by atoms with E-state index in [9.17, 15) is 19.5 Å². The van der Waals surface area contributed by atoms with Crippen LogP contribution in [-0.2, 0) is 14.4 Å². The topological polar surface area (TPSA) is 113 Å². The molecule has 0 aliphatic carbocycles. The van der Waals surface area contributed by atoms with Crippen molar-refractivity contribution in [3.8, 4) is 11.5 Å². The smallest absolute Gasteiger partial charge is 0.303 e. The van der Waals surface area contributed by atoms with Crippen molar-refractivity contribution in [2.75, 3.05) is 20.8 Å². The van der Waals surface area contributed by atoms with E-state index in [0.29, 0.717) is 36.3 Å². The first-order valence-corrected chi connectivity index (χ1v) is 11.3. The van der Waals surface area contributed by atoms with Crippen molar-refractivity contribution < 1.29 is 34.1 Å². The Kier molecular flexibility index (Phi) is 8.67. The maximum absolute atomic E-state index is 13.2. The van der Waals surface area contributed by atoms with Crippen LogP contribution in [0.15, 0.2) is 65.9 Å². The number of amides is 1. The summed E-state index contributed by atoms with van der Waals surface area (Å²) in [4.78, 5) is 38.5. The molecular formula is C27H29NO7. The molecule has 0 bridgehead atoms. The molecule has 184 valence electrons. The number of carbonyl (C=O) groups excluding carboxylic acids is 2. The highest BCUT2D eigenvalue weighted by Crippen LogP contribution is 2.41. The lowest BCUT2D eigenvalue weighted by atomic mass is 9.95. The zero-order chi connectivity index (χ0) is 25.4. The van der Waals surface area contributed by atoms with Gasteiger partial charge in [0.05, 0.1) is 25.8 Å². The summed E-state index contributed by atoms with van der Waals surface area (Å²) >= 11 is 0. The van der Waals surface area contributed by atoms with Gasteiger partial charge in [-0.25, -0.2) is 0 Å². The third-order valence-corrected chi connectivity index (χ3v) is 5.81. The van der Waals surface area contributed by atoms with Crippen LogP contribution < -0.4 is 9.47 Å². The second-order valence-electron chi connectivity index (χ2n) is 8.09. The van der Waals surface area contributed by atoms with Crippen molar-refractivity contribution in [2.24, 2.45) is 0 Å². The van der Waals surface area contributed by atoms with Gasteiger partial charge in [-0.2, -0.15) is 0 Å². The highest BCUT2D eigenvalue weighted by molar-refractivity contribution is 6.14. The molecule has 2 aromatic carbocycles. The first-order chi connectivity index (χ1) is 16.9. The van der Waals surface area contributed by atoms with Crippen molar-refractivity contribution in [3.05, 3.63) is 77.1 Å². The summed E-state index contributed by atoms with van der Waals surface area (Å²) in [6, 6.07) is 13.5. The molecule has 2 N–H and O–H groups in total. The van der Waals surface area contributed by atoms with E-state index in [4.69, 9.17) is 14.6 Å². The lowest BCUT2D eigenvalue weighted by Gasteiger charge is -2.27. The van der Waals surface area contributed by atoms with Gasteiger partial charge in [-0.1, -0.05) is 48.9 Å². The number of methoxy groups -OCH3 is 2. The number of allylic oxidation sites excluding steroid dienone is 1. The highest BCUT2D eigenvalue weighted by Gasteiger charge is 2.42. The van der Waals surface area contributed by atoms with Gasteiger partial charge in [0.15, 0.2) is 23.0 Å². The SMILES string of the molecule is COc1ccc([C@@H]2C(C(=O)/C=C/c3ccccc3)=C(O)C(=O)N2CCCCCC(=O)O)cc1OC. The third-order valence-electron chi connectivity index (χ3n) is 5.81. The lowest BCUT2D eigenvalue weighted by Crippen LogP contribution is -2.32. The molecular weight excluding hydrogens is 450 g/mol. The number of nitrogens with zero attached hydrogens (tertiary/aromatic N) is 1. The van der Waals surface area contributed by atoms with Crippen LogP contribution in [-0.4, -0.2) is 53.5 Å². The summed E-state index contributed by atoms with van der Waals surface area (Å²) in [5.41, 5.74) is 1.38. The van der Waals surface area contributed by atoms with E-state index in [0.717, 1.165) is 5.56 Å². The fourth-order valence-electron chi connectivity index (χ4n) is 4.07. The second-order valence-corrected chi connectivity index (χ2v) is 8.09. The number of hydrogen-bond donors (Lipinski definition) is 2. The largest absolute Gasteiger partial charge is 0.503 e. The van der Waals surface area contributed by atoms with Crippen LogP contribution in [0.4, 0.5) is 0 Å². The van der Waals surface area contributed by atoms with Crippen LogP contribution in [0.25, 0.3) is 6.08 Å². The maximum atomic E-state index is 13.2. The van der Waals surface area contributed by atoms with E-state index in [1.165, 1.54) is 25.2 Å². The molecule has 0 fully saturated rings. The Labute approximate surface area is 204 Å². The molecule has 0 saturated carbocycles. The lowest BCUT2D eigenvalue weighted by molar-refractivity contribution is -0.137. The molecule has 8 nitrogen and oxygen atoms in total. The number of ketones is 1. The fraction of sp³-hybridized carbons (Fsp3) is 0.296. The number of hydrogen-bond acceptors (Lipinski definition) is 6. The van der Waals surface area contributed by atoms with Gasteiger partial charge in [0, 0.05) is 13.0 Å². The van der Waals surface area contributed by atoms with E-state index in [1.54, 1.807) is 24.3 Å². The monoisotopic (exact) mass is 479 g/mol. The van der Waals surface area contributed by atoms with Gasteiger partial charge in [-0.05, 0) is 42.2 Å². The van der Waals surface area contributed by atoms with Gasteiger partial charge >= 0.3 is 5.97 Å².